The third kappa shape index (κ3) is 5.74. The number of rotatable bonds is 7. The zero-order valence-corrected chi connectivity index (χ0v) is 23.1. The first kappa shape index (κ1) is 26.2. The average Bonchev–Trinajstić information content (AvgIpc) is 3.13. The normalized spacial score (nSPS) is 14.2. The molecule has 0 aromatic heterocycles. The molecule has 0 unspecified atom stereocenters. The number of carbonyl (C=O) groups excluding carboxylic acids is 2. The number of hydrogen-bond acceptors (Lipinski definition) is 5. The van der Waals surface area contributed by atoms with E-state index in [1.165, 1.54) is 0 Å². The van der Waals surface area contributed by atoms with Crippen molar-refractivity contribution in [2.45, 2.75) is 20.5 Å². The van der Waals surface area contributed by atoms with E-state index >= 15 is 0 Å². The summed E-state index contributed by atoms with van der Waals surface area (Å²) in [6.07, 6.45) is 1.70. The molecule has 0 spiro atoms. The molecular weight excluding hydrogens is 614 g/mol. The van der Waals surface area contributed by atoms with Crippen molar-refractivity contribution in [3.8, 4) is 11.5 Å². The second-order valence-corrected chi connectivity index (χ2v) is 9.82. The average molecular weight is 635 g/mol. The van der Waals surface area contributed by atoms with Gasteiger partial charge in [0.2, 0.25) is 0 Å². The Kier molecular flexibility index (Phi) is 8.33. The van der Waals surface area contributed by atoms with Gasteiger partial charge in [0, 0.05) is 21.2 Å². The lowest BCUT2D eigenvalue weighted by Crippen LogP contribution is -2.29. The number of hydrazone groups is 1. The Hall–Kier alpha value is -2.88. The SMILES string of the molecule is CCOc1cc(/C=C2/C(=O)N(C(=O)c3ccccc3)N=C2C)cc(I)c1OCc1ccc(Cl)cc1Cl. The van der Waals surface area contributed by atoms with Gasteiger partial charge >= 0.3 is 0 Å². The van der Waals surface area contributed by atoms with Crippen LogP contribution in [0.3, 0.4) is 0 Å². The fourth-order valence-corrected chi connectivity index (χ4v) is 4.80. The van der Waals surface area contributed by atoms with E-state index in [4.69, 9.17) is 32.7 Å². The summed E-state index contributed by atoms with van der Waals surface area (Å²) in [4.78, 5) is 25.8. The largest absolute Gasteiger partial charge is 0.490 e. The summed E-state index contributed by atoms with van der Waals surface area (Å²) in [5, 5.41) is 6.17. The minimum atomic E-state index is -0.480. The van der Waals surface area contributed by atoms with E-state index in [-0.39, 0.29) is 6.61 Å². The number of imide groups is 1. The molecular formula is C27H21Cl2IN2O4. The highest BCUT2D eigenvalue weighted by Gasteiger charge is 2.33. The summed E-state index contributed by atoms with van der Waals surface area (Å²) in [6, 6.07) is 17.5. The smallest absolute Gasteiger partial charge is 0.283 e. The molecule has 184 valence electrons. The minimum Gasteiger partial charge on any atom is -0.490 e. The highest BCUT2D eigenvalue weighted by molar-refractivity contribution is 14.1. The van der Waals surface area contributed by atoms with Crippen LogP contribution < -0.4 is 9.47 Å². The maximum absolute atomic E-state index is 13.1. The number of ether oxygens (including phenoxy) is 2. The molecule has 0 radical (unpaired) electrons. The van der Waals surface area contributed by atoms with E-state index in [1.54, 1.807) is 61.5 Å². The second-order valence-electron chi connectivity index (χ2n) is 7.82. The highest BCUT2D eigenvalue weighted by Crippen LogP contribution is 2.36. The first-order chi connectivity index (χ1) is 17.3. The van der Waals surface area contributed by atoms with Crippen molar-refractivity contribution in [3.63, 3.8) is 0 Å². The predicted molar refractivity (Wildman–Crippen MR) is 150 cm³/mol. The fraction of sp³-hybridized carbons (Fsp3) is 0.148. The number of halogens is 3. The van der Waals surface area contributed by atoms with Gasteiger partial charge in [-0.2, -0.15) is 10.1 Å². The van der Waals surface area contributed by atoms with Gasteiger partial charge in [-0.1, -0.05) is 47.5 Å². The maximum Gasteiger partial charge on any atom is 0.283 e. The summed E-state index contributed by atoms with van der Waals surface area (Å²) in [6.45, 7) is 4.23. The molecule has 1 heterocycles. The maximum atomic E-state index is 13.1. The Bertz CT molecular complexity index is 1390. The lowest BCUT2D eigenvalue weighted by Gasteiger charge is -2.15. The molecule has 3 aromatic carbocycles. The quantitative estimate of drug-likeness (QED) is 0.159. The van der Waals surface area contributed by atoms with Crippen molar-refractivity contribution >= 4 is 69.4 Å². The Morgan fingerprint density at radius 3 is 2.53 bits per heavy atom. The standard InChI is InChI=1S/C27H21Cl2IN2O4/c1-3-35-24-13-17(12-23(30)25(24)36-15-19-9-10-20(28)14-22(19)29)11-21-16(2)31-32(27(21)34)26(33)18-7-5-4-6-8-18/h4-14H,3,15H2,1-2H3/b21-11+. The summed E-state index contributed by atoms with van der Waals surface area (Å²) >= 11 is 14.4. The Morgan fingerprint density at radius 2 is 1.83 bits per heavy atom. The van der Waals surface area contributed by atoms with Crippen molar-refractivity contribution in [1.29, 1.82) is 0 Å². The second kappa shape index (κ2) is 11.5. The molecule has 1 aliphatic heterocycles. The Labute approximate surface area is 232 Å². The molecule has 9 heteroatoms. The molecule has 0 saturated heterocycles. The molecule has 0 atom stereocenters. The molecule has 2 amide bonds. The Morgan fingerprint density at radius 1 is 1.08 bits per heavy atom. The van der Waals surface area contributed by atoms with E-state index in [0.717, 1.165) is 14.1 Å². The predicted octanol–water partition coefficient (Wildman–Crippen LogP) is 7.02. The van der Waals surface area contributed by atoms with Gasteiger partial charge in [-0.15, -0.1) is 0 Å². The van der Waals surface area contributed by atoms with E-state index < -0.39 is 11.8 Å². The van der Waals surface area contributed by atoms with Crippen LogP contribution in [-0.2, 0) is 11.4 Å². The number of benzene rings is 3. The summed E-state index contributed by atoms with van der Waals surface area (Å²) in [5.41, 5.74) is 2.68. The van der Waals surface area contributed by atoms with Crippen LogP contribution in [0.5, 0.6) is 11.5 Å². The van der Waals surface area contributed by atoms with Gasteiger partial charge in [0.15, 0.2) is 11.5 Å². The third-order valence-corrected chi connectivity index (χ3v) is 6.69. The van der Waals surface area contributed by atoms with Crippen LogP contribution in [0.25, 0.3) is 6.08 Å². The van der Waals surface area contributed by atoms with Crippen molar-refractivity contribution in [3.05, 3.63) is 96.5 Å². The fourth-order valence-electron chi connectivity index (χ4n) is 3.55. The minimum absolute atomic E-state index is 0.229. The Balaban J connectivity index is 1.60. The highest BCUT2D eigenvalue weighted by atomic mass is 127. The van der Waals surface area contributed by atoms with E-state index in [2.05, 4.69) is 27.7 Å². The van der Waals surface area contributed by atoms with Crippen LogP contribution in [0.4, 0.5) is 0 Å². The topological polar surface area (TPSA) is 68.2 Å². The molecule has 0 fully saturated rings. The first-order valence-electron chi connectivity index (χ1n) is 11.0. The van der Waals surface area contributed by atoms with Crippen LogP contribution in [0.15, 0.2) is 71.3 Å². The molecule has 6 nitrogen and oxygen atoms in total. The molecule has 0 N–H and O–H groups in total. The first-order valence-corrected chi connectivity index (χ1v) is 12.9. The lowest BCUT2D eigenvalue weighted by atomic mass is 10.1. The molecule has 0 bridgehead atoms. The van der Waals surface area contributed by atoms with Gasteiger partial charge in [0.05, 0.1) is 21.5 Å². The lowest BCUT2D eigenvalue weighted by molar-refractivity contribution is -0.123. The van der Waals surface area contributed by atoms with Gasteiger partial charge < -0.3 is 9.47 Å². The third-order valence-electron chi connectivity index (χ3n) is 5.31. The van der Waals surface area contributed by atoms with Gasteiger partial charge in [-0.05, 0) is 84.5 Å². The van der Waals surface area contributed by atoms with Crippen molar-refractivity contribution < 1.29 is 19.1 Å². The number of carbonyl (C=O) groups is 2. The zero-order valence-electron chi connectivity index (χ0n) is 19.4. The molecule has 0 aliphatic carbocycles. The van der Waals surface area contributed by atoms with Crippen molar-refractivity contribution in [1.82, 2.24) is 5.01 Å². The summed E-state index contributed by atoms with van der Waals surface area (Å²) < 4.78 is 12.7. The molecule has 3 aromatic rings. The van der Waals surface area contributed by atoms with Gasteiger partial charge in [-0.25, -0.2) is 0 Å². The summed E-state index contributed by atoms with van der Waals surface area (Å²) in [5.74, 6) is 0.137. The molecule has 0 saturated carbocycles. The van der Waals surface area contributed by atoms with E-state index in [9.17, 15) is 9.59 Å². The molecule has 4 rings (SSSR count). The van der Waals surface area contributed by atoms with Crippen LogP contribution >= 0.6 is 45.8 Å². The molecule has 1 aliphatic rings. The van der Waals surface area contributed by atoms with Gasteiger partial charge in [0.1, 0.15) is 6.61 Å². The van der Waals surface area contributed by atoms with Crippen LogP contribution in [0, 0.1) is 3.57 Å². The monoisotopic (exact) mass is 634 g/mol. The zero-order chi connectivity index (χ0) is 25.8. The van der Waals surface area contributed by atoms with Crippen molar-refractivity contribution in [2.75, 3.05) is 6.61 Å². The number of nitrogens with zero attached hydrogens (tertiary/aromatic N) is 2. The van der Waals surface area contributed by atoms with E-state index in [1.807, 2.05) is 19.1 Å². The molecule has 36 heavy (non-hydrogen) atoms. The van der Waals surface area contributed by atoms with Crippen molar-refractivity contribution in [2.24, 2.45) is 5.10 Å². The van der Waals surface area contributed by atoms with Crippen LogP contribution in [-0.4, -0.2) is 29.1 Å². The van der Waals surface area contributed by atoms with Gasteiger partial charge in [0.25, 0.3) is 11.8 Å². The van der Waals surface area contributed by atoms with Crippen LogP contribution in [0.1, 0.15) is 35.3 Å². The van der Waals surface area contributed by atoms with Gasteiger partial charge in [-0.3, -0.25) is 9.59 Å². The number of hydrogen-bond donors (Lipinski definition) is 0. The van der Waals surface area contributed by atoms with E-state index in [0.29, 0.717) is 50.6 Å². The summed E-state index contributed by atoms with van der Waals surface area (Å²) in [7, 11) is 0. The van der Waals surface area contributed by atoms with Crippen LogP contribution in [0.2, 0.25) is 10.0 Å². The number of amides is 2.